The smallest absolute Gasteiger partial charge is 0.269 e. The monoisotopic (exact) mass is 312 g/mol. The van der Waals surface area contributed by atoms with Gasteiger partial charge in [-0.05, 0) is 24.3 Å². The number of non-ortho nitro benzene ring substituents is 2. The summed E-state index contributed by atoms with van der Waals surface area (Å²) in [4.78, 5) is 26.9. The van der Waals surface area contributed by atoms with Gasteiger partial charge >= 0.3 is 0 Å². The number of benzene rings is 2. The first-order chi connectivity index (χ1) is 11.1. The Morgan fingerprint density at radius 3 is 1.91 bits per heavy atom. The molecule has 0 spiro atoms. The molecule has 0 bridgehead atoms. The SMILES string of the molecule is O=[N+]([O-])c1ccc(C2=NCCN2c2ccc([N+](=O)[O-])cc2)cc1. The summed E-state index contributed by atoms with van der Waals surface area (Å²) in [6.07, 6.45) is 0. The Morgan fingerprint density at radius 2 is 1.39 bits per heavy atom. The minimum atomic E-state index is -0.450. The van der Waals surface area contributed by atoms with E-state index in [0.29, 0.717) is 18.9 Å². The molecule has 0 amide bonds. The average Bonchev–Trinajstić information content (AvgIpc) is 3.04. The number of amidine groups is 1. The van der Waals surface area contributed by atoms with E-state index in [4.69, 9.17) is 0 Å². The van der Waals surface area contributed by atoms with E-state index in [-0.39, 0.29) is 11.4 Å². The predicted molar refractivity (Wildman–Crippen MR) is 84.9 cm³/mol. The molecular formula is C15H12N4O4. The van der Waals surface area contributed by atoms with Crippen LogP contribution in [-0.4, -0.2) is 28.8 Å². The summed E-state index contributed by atoms with van der Waals surface area (Å²) in [5.41, 5.74) is 1.62. The molecule has 0 atom stereocenters. The average molecular weight is 312 g/mol. The standard InChI is InChI=1S/C15H12N4O4/c20-18(21)13-3-1-11(2-4-13)15-16-9-10-17(15)12-5-7-14(8-6-12)19(22)23/h1-8H,9-10H2. The number of rotatable bonds is 4. The largest absolute Gasteiger partial charge is 0.324 e. The second kappa shape index (κ2) is 5.84. The Hall–Kier alpha value is -3.29. The van der Waals surface area contributed by atoms with E-state index < -0.39 is 9.85 Å². The summed E-state index contributed by atoms with van der Waals surface area (Å²) in [6.45, 7) is 1.26. The molecule has 8 heteroatoms. The van der Waals surface area contributed by atoms with Crippen LogP contribution in [0.5, 0.6) is 0 Å². The number of hydrogen-bond acceptors (Lipinski definition) is 6. The summed E-state index contributed by atoms with van der Waals surface area (Å²) < 4.78 is 0. The van der Waals surface area contributed by atoms with Crippen molar-refractivity contribution in [2.24, 2.45) is 4.99 Å². The maximum Gasteiger partial charge on any atom is 0.269 e. The molecule has 116 valence electrons. The summed E-state index contributed by atoms with van der Waals surface area (Å²) in [5, 5.41) is 21.4. The van der Waals surface area contributed by atoms with Crippen LogP contribution in [0, 0.1) is 20.2 Å². The first kappa shape index (κ1) is 14.6. The molecule has 0 saturated carbocycles. The number of nitrogens with zero attached hydrogens (tertiary/aromatic N) is 4. The number of hydrogen-bond donors (Lipinski definition) is 0. The molecule has 0 fully saturated rings. The van der Waals surface area contributed by atoms with Gasteiger partial charge in [-0.3, -0.25) is 25.2 Å². The molecule has 0 aliphatic carbocycles. The molecule has 1 aliphatic rings. The van der Waals surface area contributed by atoms with Gasteiger partial charge in [0.1, 0.15) is 5.84 Å². The Balaban J connectivity index is 1.87. The highest BCUT2D eigenvalue weighted by Gasteiger charge is 2.21. The van der Waals surface area contributed by atoms with Crippen molar-refractivity contribution in [3.8, 4) is 0 Å². The minimum absolute atomic E-state index is 0.0224. The van der Waals surface area contributed by atoms with Gasteiger partial charge < -0.3 is 4.90 Å². The third-order valence-electron chi connectivity index (χ3n) is 3.55. The van der Waals surface area contributed by atoms with Crippen LogP contribution >= 0.6 is 0 Å². The van der Waals surface area contributed by atoms with Crippen LogP contribution in [0.15, 0.2) is 53.5 Å². The van der Waals surface area contributed by atoms with Crippen molar-refractivity contribution in [3.63, 3.8) is 0 Å². The highest BCUT2D eigenvalue weighted by atomic mass is 16.6. The van der Waals surface area contributed by atoms with Crippen LogP contribution in [0.25, 0.3) is 0 Å². The fraction of sp³-hybridized carbons (Fsp3) is 0.133. The van der Waals surface area contributed by atoms with Gasteiger partial charge in [0, 0.05) is 42.1 Å². The molecule has 0 unspecified atom stereocenters. The zero-order valence-electron chi connectivity index (χ0n) is 12.0. The second-order valence-electron chi connectivity index (χ2n) is 4.93. The third-order valence-corrected chi connectivity index (χ3v) is 3.55. The minimum Gasteiger partial charge on any atom is -0.324 e. The van der Waals surface area contributed by atoms with Crippen molar-refractivity contribution >= 4 is 22.9 Å². The first-order valence-electron chi connectivity index (χ1n) is 6.87. The lowest BCUT2D eigenvalue weighted by Crippen LogP contribution is -2.28. The van der Waals surface area contributed by atoms with Crippen LogP contribution in [0.3, 0.4) is 0 Å². The van der Waals surface area contributed by atoms with Gasteiger partial charge in [-0.1, -0.05) is 0 Å². The Labute approximate surface area is 131 Å². The lowest BCUT2D eigenvalue weighted by atomic mass is 10.1. The molecule has 23 heavy (non-hydrogen) atoms. The molecule has 2 aromatic carbocycles. The Morgan fingerprint density at radius 1 is 0.870 bits per heavy atom. The summed E-state index contributed by atoms with van der Waals surface area (Å²) in [5.74, 6) is 0.703. The van der Waals surface area contributed by atoms with Gasteiger partial charge in [0.05, 0.1) is 16.4 Å². The molecule has 8 nitrogen and oxygen atoms in total. The Bertz CT molecular complexity index is 784. The highest BCUT2D eigenvalue weighted by Crippen LogP contribution is 2.24. The lowest BCUT2D eigenvalue weighted by molar-refractivity contribution is -0.385. The second-order valence-corrected chi connectivity index (χ2v) is 4.93. The number of aliphatic imine (C=N–C) groups is 1. The molecule has 2 aromatic rings. The van der Waals surface area contributed by atoms with E-state index in [2.05, 4.69) is 4.99 Å². The normalized spacial score (nSPS) is 13.7. The Kier molecular flexibility index (Phi) is 3.71. The number of nitro benzene ring substituents is 2. The molecule has 0 aromatic heterocycles. The van der Waals surface area contributed by atoms with Crippen molar-refractivity contribution in [1.82, 2.24) is 0 Å². The summed E-state index contributed by atoms with van der Waals surface area (Å²) in [7, 11) is 0. The van der Waals surface area contributed by atoms with Crippen LogP contribution in [0.1, 0.15) is 5.56 Å². The number of anilines is 1. The van der Waals surface area contributed by atoms with Gasteiger partial charge in [-0.25, -0.2) is 0 Å². The van der Waals surface area contributed by atoms with Gasteiger partial charge in [-0.15, -0.1) is 0 Å². The predicted octanol–water partition coefficient (Wildman–Crippen LogP) is 2.77. The van der Waals surface area contributed by atoms with E-state index in [1.807, 2.05) is 4.90 Å². The van der Waals surface area contributed by atoms with Gasteiger partial charge in [0.15, 0.2) is 0 Å². The van der Waals surface area contributed by atoms with Gasteiger partial charge in [0.2, 0.25) is 0 Å². The molecular weight excluding hydrogens is 300 g/mol. The van der Waals surface area contributed by atoms with Crippen LogP contribution in [0.2, 0.25) is 0 Å². The quantitative estimate of drug-likeness (QED) is 0.638. The lowest BCUT2D eigenvalue weighted by Gasteiger charge is -2.20. The summed E-state index contributed by atoms with van der Waals surface area (Å²) >= 11 is 0. The van der Waals surface area contributed by atoms with Crippen molar-refractivity contribution in [1.29, 1.82) is 0 Å². The van der Waals surface area contributed by atoms with E-state index >= 15 is 0 Å². The molecule has 0 N–H and O–H groups in total. The van der Waals surface area contributed by atoms with Crippen molar-refractivity contribution < 1.29 is 9.85 Å². The van der Waals surface area contributed by atoms with Gasteiger partial charge in [0.25, 0.3) is 11.4 Å². The van der Waals surface area contributed by atoms with Crippen molar-refractivity contribution in [2.75, 3.05) is 18.0 Å². The maximum atomic E-state index is 10.7. The van der Waals surface area contributed by atoms with Gasteiger partial charge in [-0.2, -0.15) is 0 Å². The fourth-order valence-electron chi connectivity index (χ4n) is 2.43. The van der Waals surface area contributed by atoms with Crippen molar-refractivity contribution in [3.05, 3.63) is 74.3 Å². The number of nitro groups is 2. The molecule has 0 radical (unpaired) electrons. The fourth-order valence-corrected chi connectivity index (χ4v) is 2.43. The zero-order chi connectivity index (χ0) is 16.4. The van der Waals surface area contributed by atoms with Crippen molar-refractivity contribution in [2.45, 2.75) is 0 Å². The highest BCUT2D eigenvalue weighted by molar-refractivity contribution is 6.11. The zero-order valence-corrected chi connectivity index (χ0v) is 12.0. The van der Waals surface area contributed by atoms with E-state index in [1.165, 1.54) is 24.3 Å². The van der Waals surface area contributed by atoms with E-state index in [1.54, 1.807) is 24.3 Å². The molecule has 3 rings (SSSR count). The molecule has 1 aliphatic heterocycles. The first-order valence-corrected chi connectivity index (χ1v) is 6.87. The maximum absolute atomic E-state index is 10.7. The van der Waals surface area contributed by atoms with E-state index in [0.717, 1.165) is 11.3 Å². The molecule has 1 heterocycles. The topological polar surface area (TPSA) is 102 Å². The van der Waals surface area contributed by atoms with Crippen LogP contribution < -0.4 is 4.90 Å². The van der Waals surface area contributed by atoms with Crippen LogP contribution in [0.4, 0.5) is 17.1 Å². The molecule has 0 saturated heterocycles. The summed E-state index contributed by atoms with van der Waals surface area (Å²) in [6, 6.07) is 12.4. The van der Waals surface area contributed by atoms with Crippen LogP contribution in [-0.2, 0) is 0 Å². The third kappa shape index (κ3) is 2.86. The van der Waals surface area contributed by atoms with E-state index in [9.17, 15) is 20.2 Å².